The van der Waals surface area contributed by atoms with E-state index >= 15 is 0 Å². The molecular formula is C23H32O7. The number of aliphatic hydroxyl groups is 1. The molecule has 4 bridgehead atoms. The van der Waals surface area contributed by atoms with Crippen LogP contribution in [-0.2, 0) is 23.9 Å². The molecule has 30 heavy (non-hydrogen) atoms. The van der Waals surface area contributed by atoms with Crippen molar-refractivity contribution in [2.75, 3.05) is 0 Å². The number of esters is 2. The van der Waals surface area contributed by atoms with Crippen molar-refractivity contribution in [3.05, 3.63) is 24.3 Å². The first-order chi connectivity index (χ1) is 13.6. The van der Waals surface area contributed by atoms with Crippen LogP contribution in [0.4, 0.5) is 0 Å². The Morgan fingerprint density at radius 1 is 1.10 bits per heavy atom. The van der Waals surface area contributed by atoms with Gasteiger partial charge in [-0.25, -0.2) is 9.59 Å². The quantitative estimate of drug-likeness (QED) is 0.502. The van der Waals surface area contributed by atoms with Gasteiger partial charge in [0.25, 0.3) is 0 Å². The molecule has 0 radical (unpaired) electrons. The number of rotatable bonds is 6. The Morgan fingerprint density at radius 3 is 2.27 bits per heavy atom. The molecular weight excluding hydrogens is 388 g/mol. The molecule has 4 fully saturated rings. The lowest BCUT2D eigenvalue weighted by atomic mass is 9.41. The molecule has 0 aliphatic heterocycles. The summed E-state index contributed by atoms with van der Waals surface area (Å²) in [5.41, 5.74) is -4.04. The third-order valence-corrected chi connectivity index (χ3v) is 6.75. The van der Waals surface area contributed by atoms with Gasteiger partial charge in [0.2, 0.25) is 0 Å². The summed E-state index contributed by atoms with van der Waals surface area (Å²) in [5.74, 6) is -2.88. The van der Waals surface area contributed by atoms with Gasteiger partial charge in [-0.1, -0.05) is 13.2 Å². The molecule has 0 saturated heterocycles. The second-order valence-corrected chi connectivity index (χ2v) is 10.6. The highest BCUT2D eigenvalue weighted by molar-refractivity contribution is 5.88. The Hall–Kier alpha value is -2.15. The Bertz CT molecular complexity index is 822. The van der Waals surface area contributed by atoms with E-state index in [-0.39, 0.29) is 36.3 Å². The zero-order valence-corrected chi connectivity index (χ0v) is 18.2. The van der Waals surface area contributed by atoms with E-state index in [0.717, 1.165) is 0 Å². The molecule has 0 amide bonds. The van der Waals surface area contributed by atoms with Gasteiger partial charge in [-0.2, -0.15) is 0 Å². The van der Waals surface area contributed by atoms with Gasteiger partial charge < -0.3 is 19.7 Å². The van der Waals surface area contributed by atoms with Gasteiger partial charge in [0.1, 0.15) is 11.2 Å². The first-order valence-corrected chi connectivity index (χ1v) is 10.4. The van der Waals surface area contributed by atoms with Crippen molar-refractivity contribution < 1.29 is 34.1 Å². The monoisotopic (exact) mass is 420 g/mol. The van der Waals surface area contributed by atoms with Crippen LogP contribution in [-0.4, -0.2) is 44.9 Å². The van der Waals surface area contributed by atoms with Crippen LogP contribution in [0.5, 0.6) is 0 Å². The summed E-state index contributed by atoms with van der Waals surface area (Å²) in [6, 6.07) is 0. The fourth-order valence-corrected chi connectivity index (χ4v) is 6.08. The molecule has 7 heteroatoms. The van der Waals surface area contributed by atoms with E-state index in [1.807, 2.05) is 0 Å². The number of hydrogen-bond donors (Lipinski definition) is 2. The Balaban J connectivity index is 2.06. The molecule has 5 atom stereocenters. The van der Waals surface area contributed by atoms with Crippen LogP contribution < -0.4 is 0 Å². The number of carbonyl (C=O) groups excluding carboxylic acids is 2. The van der Waals surface area contributed by atoms with E-state index < -0.39 is 46.0 Å². The van der Waals surface area contributed by atoms with Gasteiger partial charge >= 0.3 is 17.9 Å². The molecule has 0 aromatic rings. The van der Waals surface area contributed by atoms with E-state index in [0.29, 0.717) is 19.3 Å². The minimum absolute atomic E-state index is 0.0255. The van der Waals surface area contributed by atoms with Crippen LogP contribution in [0.3, 0.4) is 0 Å². The highest BCUT2D eigenvalue weighted by Crippen LogP contribution is 2.68. The van der Waals surface area contributed by atoms with Crippen molar-refractivity contribution in [1.82, 2.24) is 0 Å². The molecule has 2 N–H and O–H groups in total. The average Bonchev–Trinajstić information content (AvgIpc) is 2.54. The fourth-order valence-electron chi connectivity index (χ4n) is 6.08. The molecule has 5 unspecified atom stereocenters. The Kier molecular flexibility index (Phi) is 5.21. The molecule has 4 aliphatic carbocycles. The standard InChI is InChI=1S/C23H32O7/c1-13(2)18(26)29-21-8-15-9-22(11-21,19(27)30-20(4,5)6)16(7-14(3)17(24)25)23(28,10-15)12-21/h15-16,28H,1,3,7-12H2,2,4-6H3,(H,24,25). The maximum Gasteiger partial charge on any atom is 0.333 e. The van der Waals surface area contributed by atoms with Gasteiger partial charge in [-0.3, -0.25) is 4.79 Å². The van der Waals surface area contributed by atoms with E-state index in [2.05, 4.69) is 13.2 Å². The first kappa shape index (κ1) is 22.5. The summed E-state index contributed by atoms with van der Waals surface area (Å²) < 4.78 is 11.6. The second kappa shape index (κ2) is 6.94. The van der Waals surface area contributed by atoms with E-state index in [1.54, 1.807) is 27.7 Å². The van der Waals surface area contributed by atoms with Crippen LogP contribution in [0.15, 0.2) is 24.3 Å². The van der Waals surface area contributed by atoms with Crippen molar-refractivity contribution >= 4 is 17.9 Å². The number of carboxylic acid groups (broad SMARTS) is 1. The average molecular weight is 421 g/mol. The van der Waals surface area contributed by atoms with Gasteiger partial charge in [-0.15, -0.1) is 0 Å². The number of hydrogen-bond acceptors (Lipinski definition) is 6. The van der Waals surface area contributed by atoms with Gasteiger partial charge in [-0.05, 0) is 59.3 Å². The third-order valence-electron chi connectivity index (χ3n) is 6.75. The number of ether oxygens (including phenoxy) is 2. The predicted molar refractivity (Wildman–Crippen MR) is 108 cm³/mol. The minimum Gasteiger partial charge on any atom is -0.478 e. The predicted octanol–water partition coefficient (Wildman–Crippen LogP) is 3.16. The van der Waals surface area contributed by atoms with Crippen molar-refractivity contribution in [3.8, 4) is 0 Å². The summed E-state index contributed by atoms with van der Waals surface area (Å²) >= 11 is 0. The lowest BCUT2D eigenvalue weighted by Crippen LogP contribution is -2.71. The maximum atomic E-state index is 13.5. The Morgan fingerprint density at radius 2 is 1.73 bits per heavy atom. The molecule has 0 heterocycles. The summed E-state index contributed by atoms with van der Waals surface area (Å²) in [6.45, 7) is 14.1. The van der Waals surface area contributed by atoms with Crippen molar-refractivity contribution in [2.45, 2.75) is 83.0 Å². The molecule has 4 saturated carbocycles. The van der Waals surface area contributed by atoms with Gasteiger partial charge in [0, 0.05) is 29.9 Å². The van der Waals surface area contributed by atoms with Crippen molar-refractivity contribution in [3.63, 3.8) is 0 Å². The van der Waals surface area contributed by atoms with E-state index in [9.17, 15) is 24.6 Å². The second-order valence-electron chi connectivity index (χ2n) is 10.6. The van der Waals surface area contributed by atoms with Crippen LogP contribution in [0.25, 0.3) is 0 Å². The lowest BCUT2D eigenvalue weighted by molar-refractivity contribution is -0.275. The summed E-state index contributed by atoms with van der Waals surface area (Å²) in [6.07, 6.45) is 1.80. The summed E-state index contributed by atoms with van der Waals surface area (Å²) in [4.78, 5) is 37.4. The van der Waals surface area contributed by atoms with Crippen LogP contribution >= 0.6 is 0 Å². The van der Waals surface area contributed by atoms with Crippen molar-refractivity contribution in [2.24, 2.45) is 17.3 Å². The lowest BCUT2D eigenvalue weighted by Gasteiger charge is -2.66. The zero-order chi connectivity index (χ0) is 22.7. The summed E-state index contributed by atoms with van der Waals surface area (Å²) in [7, 11) is 0. The van der Waals surface area contributed by atoms with Crippen molar-refractivity contribution in [1.29, 1.82) is 0 Å². The maximum absolute atomic E-state index is 13.5. The highest BCUT2D eigenvalue weighted by Gasteiger charge is 2.72. The number of carbonyl (C=O) groups is 3. The zero-order valence-electron chi connectivity index (χ0n) is 18.2. The van der Waals surface area contributed by atoms with Crippen LogP contribution in [0.1, 0.15) is 66.2 Å². The van der Waals surface area contributed by atoms with Gasteiger partial charge in [0.15, 0.2) is 0 Å². The van der Waals surface area contributed by atoms with Crippen LogP contribution in [0, 0.1) is 17.3 Å². The summed E-state index contributed by atoms with van der Waals surface area (Å²) in [5, 5.41) is 21.1. The molecule has 0 spiro atoms. The smallest absolute Gasteiger partial charge is 0.333 e. The molecule has 4 aliphatic rings. The van der Waals surface area contributed by atoms with Crippen LogP contribution in [0.2, 0.25) is 0 Å². The SMILES string of the molecule is C=C(C)C(=O)OC12CC3CC(O)(C1)C(CC(=C)C(=O)O)C(C(=O)OC(C)(C)C)(C3)C2. The molecule has 7 nitrogen and oxygen atoms in total. The third kappa shape index (κ3) is 3.80. The van der Waals surface area contributed by atoms with E-state index in [4.69, 9.17) is 9.47 Å². The molecule has 166 valence electrons. The molecule has 4 rings (SSSR count). The topological polar surface area (TPSA) is 110 Å². The highest BCUT2D eigenvalue weighted by atomic mass is 16.6. The first-order valence-electron chi connectivity index (χ1n) is 10.4. The number of carboxylic acids is 1. The number of aliphatic carboxylic acids is 1. The normalized spacial score (nSPS) is 36.8. The Labute approximate surface area is 177 Å². The van der Waals surface area contributed by atoms with Gasteiger partial charge in [0.05, 0.1) is 11.0 Å². The fraction of sp³-hybridized carbons (Fsp3) is 0.696. The minimum atomic E-state index is -1.34. The molecule has 0 aromatic carbocycles. The molecule has 0 aromatic heterocycles. The largest absolute Gasteiger partial charge is 0.478 e. The van der Waals surface area contributed by atoms with E-state index in [1.165, 1.54) is 0 Å².